The van der Waals surface area contributed by atoms with Crippen LogP contribution in [-0.4, -0.2) is 28.8 Å². The lowest BCUT2D eigenvalue weighted by Gasteiger charge is -2.12. The molecule has 1 aromatic heterocycles. The molecule has 0 bridgehead atoms. The zero-order valence-corrected chi connectivity index (χ0v) is 16.1. The monoisotopic (exact) mass is 445 g/mol. The number of hydroxylamine groups is 1. The molecule has 0 spiro atoms. The Morgan fingerprint density at radius 1 is 1.37 bits per heavy atom. The molecular formula is C17H18BrF2N3O4. The van der Waals surface area contributed by atoms with Crippen molar-refractivity contribution in [2.45, 2.75) is 18.9 Å². The first kappa shape index (κ1) is 21.0. The molecule has 2 aromatic rings. The van der Waals surface area contributed by atoms with Gasteiger partial charge in [-0.2, -0.15) is 9.87 Å². The average molecular weight is 446 g/mol. The van der Waals surface area contributed by atoms with E-state index in [9.17, 15) is 18.4 Å². The van der Waals surface area contributed by atoms with Crippen molar-refractivity contribution in [3.63, 3.8) is 0 Å². The SMILES string of the molecule is CONC1CC1.Cn1cc(C(=O)O)c(Nc2ccc(Br)cc2F)c(F)c1=O. The maximum atomic E-state index is 14.0. The number of nitrogens with one attached hydrogen (secondary N) is 2. The summed E-state index contributed by atoms with van der Waals surface area (Å²) in [6, 6.07) is 4.59. The number of aryl methyl sites for hydroxylation is 1. The van der Waals surface area contributed by atoms with Gasteiger partial charge in [-0.25, -0.2) is 9.18 Å². The highest BCUT2D eigenvalue weighted by molar-refractivity contribution is 9.10. The van der Waals surface area contributed by atoms with Crippen LogP contribution in [0, 0.1) is 11.6 Å². The second kappa shape index (κ2) is 9.07. The molecule has 1 saturated carbocycles. The topological polar surface area (TPSA) is 92.6 Å². The van der Waals surface area contributed by atoms with E-state index in [0.717, 1.165) is 16.8 Å². The predicted molar refractivity (Wildman–Crippen MR) is 99.1 cm³/mol. The molecule has 1 aliphatic carbocycles. The normalized spacial score (nSPS) is 12.9. The quantitative estimate of drug-likeness (QED) is 0.612. The summed E-state index contributed by atoms with van der Waals surface area (Å²) in [6.07, 6.45) is 3.54. The van der Waals surface area contributed by atoms with E-state index < -0.39 is 34.4 Å². The number of nitrogens with zero attached hydrogens (tertiary/aromatic N) is 1. The van der Waals surface area contributed by atoms with Crippen molar-refractivity contribution >= 4 is 33.3 Å². The Morgan fingerprint density at radius 3 is 2.52 bits per heavy atom. The van der Waals surface area contributed by atoms with Crippen LogP contribution < -0.4 is 16.4 Å². The first-order valence-electron chi connectivity index (χ1n) is 7.87. The minimum absolute atomic E-state index is 0.146. The molecule has 1 heterocycles. The Labute approximate surface area is 162 Å². The van der Waals surface area contributed by atoms with Gasteiger partial charge in [0.15, 0.2) is 0 Å². The Bertz CT molecular complexity index is 900. The van der Waals surface area contributed by atoms with Crippen molar-refractivity contribution in [1.29, 1.82) is 0 Å². The number of carboxylic acid groups (broad SMARTS) is 1. The first-order chi connectivity index (χ1) is 12.7. The molecule has 1 aromatic carbocycles. The summed E-state index contributed by atoms with van der Waals surface area (Å²) >= 11 is 3.07. The van der Waals surface area contributed by atoms with Gasteiger partial charge in [0, 0.05) is 23.8 Å². The summed E-state index contributed by atoms with van der Waals surface area (Å²) < 4.78 is 29.0. The molecule has 10 heteroatoms. The van der Waals surface area contributed by atoms with Crippen molar-refractivity contribution in [1.82, 2.24) is 10.0 Å². The van der Waals surface area contributed by atoms with Crippen molar-refractivity contribution in [3.05, 3.63) is 56.4 Å². The van der Waals surface area contributed by atoms with E-state index in [2.05, 4.69) is 31.6 Å². The standard InChI is InChI=1S/C13H9BrF2N2O3.C4H9NO/c1-18-5-7(13(20)21)11(10(16)12(18)19)17-9-3-2-6(14)4-8(9)15;1-6-5-4-2-3-4/h2-5,17H,1H3,(H,20,21);4-5H,2-3H2,1H3. The second-order valence-corrected chi connectivity index (χ2v) is 6.71. The number of anilines is 2. The Morgan fingerprint density at radius 2 is 2.04 bits per heavy atom. The van der Waals surface area contributed by atoms with Crippen LogP contribution in [0.4, 0.5) is 20.2 Å². The summed E-state index contributed by atoms with van der Waals surface area (Å²) in [7, 11) is 2.88. The van der Waals surface area contributed by atoms with Crippen LogP contribution in [0.2, 0.25) is 0 Å². The van der Waals surface area contributed by atoms with E-state index in [-0.39, 0.29) is 5.69 Å². The van der Waals surface area contributed by atoms with E-state index in [1.54, 1.807) is 7.11 Å². The average Bonchev–Trinajstić information content (AvgIpc) is 3.42. The van der Waals surface area contributed by atoms with Gasteiger partial charge in [-0.05, 0) is 31.0 Å². The molecule has 1 fully saturated rings. The lowest BCUT2D eigenvalue weighted by Crippen LogP contribution is -2.24. The fourth-order valence-electron chi connectivity index (χ4n) is 2.07. The number of pyridine rings is 1. The number of hydrogen-bond donors (Lipinski definition) is 3. The molecule has 3 rings (SSSR count). The Kier molecular flexibility index (Phi) is 7.05. The summed E-state index contributed by atoms with van der Waals surface area (Å²) in [5.74, 6) is -3.45. The lowest BCUT2D eigenvalue weighted by molar-refractivity contribution is 0.0696. The number of benzene rings is 1. The van der Waals surface area contributed by atoms with Gasteiger partial charge >= 0.3 is 5.97 Å². The molecule has 3 N–H and O–H groups in total. The van der Waals surface area contributed by atoms with Crippen LogP contribution in [0.1, 0.15) is 23.2 Å². The highest BCUT2D eigenvalue weighted by Gasteiger charge is 2.21. The van der Waals surface area contributed by atoms with Crippen LogP contribution in [0.15, 0.2) is 33.7 Å². The van der Waals surface area contributed by atoms with Gasteiger partial charge < -0.3 is 19.8 Å². The van der Waals surface area contributed by atoms with Crippen LogP contribution in [0.3, 0.4) is 0 Å². The highest BCUT2D eigenvalue weighted by atomic mass is 79.9. The van der Waals surface area contributed by atoms with Crippen molar-refractivity contribution in [2.24, 2.45) is 7.05 Å². The molecule has 0 atom stereocenters. The molecule has 1 aliphatic rings. The maximum Gasteiger partial charge on any atom is 0.339 e. The molecule has 0 unspecified atom stereocenters. The van der Waals surface area contributed by atoms with Crippen LogP contribution in [-0.2, 0) is 11.9 Å². The molecule has 7 nitrogen and oxygen atoms in total. The molecule has 0 radical (unpaired) electrons. The van der Waals surface area contributed by atoms with Crippen LogP contribution in [0.5, 0.6) is 0 Å². The molecule has 146 valence electrons. The Hall–Kier alpha value is -2.30. The van der Waals surface area contributed by atoms with Gasteiger partial charge in [0.25, 0.3) is 5.56 Å². The number of carboxylic acids is 1. The number of aromatic carboxylic acids is 1. The van der Waals surface area contributed by atoms with Gasteiger partial charge in [0.2, 0.25) is 5.82 Å². The van der Waals surface area contributed by atoms with Crippen molar-refractivity contribution in [3.8, 4) is 0 Å². The minimum atomic E-state index is -1.44. The van der Waals surface area contributed by atoms with Crippen LogP contribution in [0.25, 0.3) is 0 Å². The van der Waals surface area contributed by atoms with Crippen LogP contribution >= 0.6 is 15.9 Å². The van der Waals surface area contributed by atoms with E-state index >= 15 is 0 Å². The number of carbonyl (C=O) groups is 1. The number of halogens is 3. The second-order valence-electron chi connectivity index (χ2n) is 5.80. The summed E-state index contributed by atoms with van der Waals surface area (Å²) in [6.45, 7) is 0. The predicted octanol–water partition coefficient (Wildman–Crippen LogP) is 3.17. The molecular weight excluding hydrogens is 428 g/mol. The third kappa shape index (κ3) is 5.59. The van der Waals surface area contributed by atoms with E-state index in [1.807, 2.05) is 0 Å². The van der Waals surface area contributed by atoms with Gasteiger partial charge in [-0.3, -0.25) is 4.79 Å². The van der Waals surface area contributed by atoms with E-state index in [1.165, 1.54) is 32.0 Å². The largest absolute Gasteiger partial charge is 0.478 e. The maximum absolute atomic E-state index is 14.0. The molecule has 0 saturated heterocycles. The van der Waals surface area contributed by atoms with Crippen molar-refractivity contribution < 1.29 is 23.5 Å². The molecule has 0 amide bonds. The lowest BCUT2D eigenvalue weighted by atomic mass is 10.2. The van der Waals surface area contributed by atoms with Crippen molar-refractivity contribution in [2.75, 3.05) is 12.4 Å². The number of aromatic nitrogens is 1. The number of hydrogen-bond acceptors (Lipinski definition) is 5. The highest BCUT2D eigenvalue weighted by Crippen LogP contribution is 2.26. The zero-order chi connectivity index (χ0) is 20.1. The Balaban J connectivity index is 0.000000369. The van der Waals surface area contributed by atoms with Gasteiger partial charge in [-0.1, -0.05) is 15.9 Å². The molecule has 0 aliphatic heterocycles. The zero-order valence-electron chi connectivity index (χ0n) is 14.6. The first-order valence-corrected chi connectivity index (χ1v) is 8.67. The summed E-state index contributed by atoms with van der Waals surface area (Å²) in [5.41, 5.74) is 0.608. The van der Waals surface area contributed by atoms with Gasteiger partial charge in [-0.15, -0.1) is 0 Å². The fourth-order valence-corrected chi connectivity index (χ4v) is 2.41. The van der Waals surface area contributed by atoms with E-state index in [0.29, 0.717) is 10.5 Å². The van der Waals surface area contributed by atoms with E-state index in [4.69, 9.17) is 5.11 Å². The molecule has 27 heavy (non-hydrogen) atoms. The summed E-state index contributed by atoms with van der Waals surface area (Å²) in [5, 5.41) is 11.4. The smallest absolute Gasteiger partial charge is 0.339 e. The third-order valence-electron chi connectivity index (χ3n) is 3.60. The van der Waals surface area contributed by atoms with Gasteiger partial charge in [0.1, 0.15) is 11.4 Å². The fraction of sp³-hybridized carbons (Fsp3) is 0.294. The summed E-state index contributed by atoms with van der Waals surface area (Å²) in [4.78, 5) is 27.3. The minimum Gasteiger partial charge on any atom is -0.478 e. The third-order valence-corrected chi connectivity index (χ3v) is 4.10. The van der Waals surface area contributed by atoms with Gasteiger partial charge in [0.05, 0.1) is 18.5 Å². The number of rotatable bonds is 5.